The van der Waals surface area contributed by atoms with Crippen molar-refractivity contribution in [1.82, 2.24) is 19.1 Å². The Balaban J connectivity index is 0.000000161. The minimum absolute atomic E-state index is 0. The number of aromatic nitrogens is 4. The molecule has 0 unspecified atom stereocenters. The molecule has 2 aliphatic rings. The standard InChI is InChI=1S/C21H20N2O2.C13H15BrN2O.ClH/c1-14-22-18-12-16(21-13-15-4-2-3-5-20(15)25-21)6-7-19(18)23(14)17-8-10-24-11-9-17;1-9-15-12-8-10(14)2-3-13(12)16(9)11-4-6-17-7-5-11;/h2-7,12-13,17H,8-11H2,1H3;2-3,8,11H,4-7H2,1H3;1H. The number of fused-ring (bicyclic) bond motifs is 3. The van der Waals surface area contributed by atoms with Gasteiger partial charge in [-0.15, -0.1) is 12.4 Å². The summed E-state index contributed by atoms with van der Waals surface area (Å²) < 4.78 is 22.8. The normalized spacial score (nSPS) is 16.3. The van der Waals surface area contributed by atoms with Crippen molar-refractivity contribution in [3.63, 3.8) is 0 Å². The number of hydrogen-bond acceptors (Lipinski definition) is 5. The Hall–Kier alpha value is -3.17. The van der Waals surface area contributed by atoms with Crippen LogP contribution in [0, 0.1) is 13.8 Å². The zero-order valence-corrected chi connectivity index (χ0v) is 26.9. The molecular formula is C34H36BrClN4O3. The lowest BCUT2D eigenvalue weighted by molar-refractivity contribution is 0.0699. The molecule has 9 heteroatoms. The van der Waals surface area contributed by atoms with Gasteiger partial charge in [-0.1, -0.05) is 34.1 Å². The minimum Gasteiger partial charge on any atom is -0.456 e. The SMILES string of the molecule is Cc1nc2cc(-c3cc4ccccc4o3)ccc2n1C1CCOCC1.Cc1nc2cc(Br)ccc2n1C1CCOCC1.Cl. The van der Waals surface area contributed by atoms with Crippen LogP contribution in [0.1, 0.15) is 49.4 Å². The molecule has 2 saturated heterocycles. The number of para-hydroxylation sites is 1. The molecule has 5 heterocycles. The molecule has 0 radical (unpaired) electrons. The van der Waals surface area contributed by atoms with E-state index in [1.54, 1.807) is 0 Å². The number of halogens is 2. The molecule has 224 valence electrons. The number of benzene rings is 3. The first-order chi connectivity index (χ1) is 20.5. The van der Waals surface area contributed by atoms with E-state index in [0.717, 1.165) is 102 Å². The van der Waals surface area contributed by atoms with Crippen LogP contribution >= 0.6 is 28.3 Å². The third-order valence-corrected chi connectivity index (χ3v) is 9.01. The minimum atomic E-state index is 0. The van der Waals surface area contributed by atoms with Crippen molar-refractivity contribution in [2.45, 2.75) is 51.6 Å². The predicted molar refractivity (Wildman–Crippen MR) is 177 cm³/mol. The molecule has 2 fully saturated rings. The summed E-state index contributed by atoms with van der Waals surface area (Å²) in [5.74, 6) is 3.06. The lowest BCUT2D eigenvalue weighted by atomic mass is 10.1. The van der Waals surface area contributed by atoms with Gasteiger partial charge < -0.3 is 23.0 Å². The molecule has 6 aromatic rings. The maximum Gasteiger partial charge on any atom is 0.135 e. The molecule has 0 N–H and O–H groups in total. The first-order valence-corrected chi connectivity index (χ1v) is 15.6. The second kappa shape index (κ2) is 12.8. The van der Waals surface area contributed by atoms with E-state index < -0.39 is 0 Å². The van der Waals surface area contributed by atoms with Crippen molar-refractivity contribution < 1.29 is 13.9 Å². The van der Waals surface area contributed by atoms with E-state index in [4.69, 9.17) is 18.9 Å². The summed E-state index contributed by atoms with van der Waals surface area (Å²) in [6.07, 6.45) is 4.28. The molecule has 0 amide bonds. The van der Waals surface area contributed by atoms with E-state index in [1.165, 1.54) is 11.0 Å². The molecule has 43 heavy (non-hydrogen) atoms. The zero-order chi connectivity index (χ0) is 28.6. The molecule has 0 bridgehead atoms. The van der Waals surface area contributed by atoms with Gasteiger partial charge in [-0.25, -0.2) is 9.97 Å². The van der Waals surface area contributed by atoms with Gasteiger partial charge in [0.2, 0.25) is 0 Å². The van der Waals surface area contributed by atoms with Crippen LogP contribution in [-0.4, -0.2) is 45.5 Å². The van der Waals surface area contributed by atoms with Gasteiger partial charge in [0.05, 0.1) is 22.1 Å². The summed E-state index contributed by atoms with van der Waals surface area (Å²) in [4.78, 5) is 9.45. The van der Waals surface area contributed by atoms with E-state index in [9.17, 15) is 0 Å². The maximum atomic E-state index is 6.01. The van der Waals surface area contributed by atoms with Gasteiger partial charge in [0, 0.05) is 53.9 Å². The van der Waals surface area contributed by atoms with Gasteiger partial charge in [-0.2, -0.15) is 0 Å². The Bertz CT molecular complexity index is 1830. The van der Waals surface area contributed by atoms with E-state index in [1.807, 2.05) is 18.2 Å². The number of aryl methyl sites for hydroxylation is 2. The highest BCUT2D eigenvalue weighted by atomic mass is 79.9. The van der Waals surface area contributed by atoms with Crippen molar-refractivity contribution in [1.29, 1.82) is 0 Å². The van der Waals surface area contributed by atoms with Crippen LogP contribution < -0.4 is 0 Å². The monoisotopic (exact) mass is 662 g/mol. The fourth-order valence-corrected chi connectivity index (χ4v) is 6.85. The molecule has 0 saturated carbocycles. The number of nitrogens with zero attached hydrogens (tertiary/aromatic N) is 4. The summed E-state index contributed by atoms with van der Waals surface area (Å²) in [6, 6.07) is 24.0. The summed E-state index contributed by atoms with van der Waals surface area (Å²) in [6.45, 7) is 7.57. The topological polar surface area (TPSA) is 67.2 Å². The molecule has 8 rings (SSSR count). The highest BCUT2D eigenvalue weighted by Gasteiger charge is 2.21. The van der Waals surface area contributed by atoms with Crippen molar-refractivity contribution in [3.05, 3.63) is 82.9 Å². The molecule has 3 aromatic heterocycles. The summed E-state index contributed by atoms with van der Waals surface area (Å²) in [5, 5.41) is 1.13. The number of rotatable bonds is 3. The molecule has 3 aromatic carbocycles. The number of ether oxygens (including phenoxy) is 2. The molecule has 0 spiro atoms. The Morgan fingerprint density at radius 3 is 1.86 bits per heavy atom. The number of hydrogen-bond donors (Lipinski definition) is 0. The van der Waals surface area contributed by atoms with Gasteiger partial charge in [-0.05, 0) is 88.1 Å². The molecule has 0 atom stereocenters. The summed E-state index contributed by atoms with van der Waals surface area (Å²) in [5.41, 5.74) is 6.52. The molecule has 0 aliphatic carbocycles. The lowest BCUT2D eigenvalue weighted by Gasteiger charge is -2.25. The fraction of sp³-hybridized carbons (Fsp3) is 0.353. The highest BCUT2D eigenvalue weighted by molar-refractivity contribution is 9.10. The van der Waals surface area contributed by atoms with Gasteiger partial charge in [0.1, 0.15) is 23.0 Å². The first kappa shape index (κ1) is 29.9. The van der Waals surface area contributed by atoms with Gasteiger partial charge in [0.25, 0.3) is 0 Å². The average Bonchev–Trinajstić information content (AvgIpc) is 3.69. The highest BCUT2D eigenvalue weighted by Crippen LogP contribution is 2.33. The van der Waals surface area contributed by atoms with Gasteiger partial charge in [-0.3, -0.25) is 0 Å². The first-order valence-electron chi connectivity index (χ1n) is 14.8. The smallest absolute Gasteiger partial charge is 0.135 e. The Kier molecular flexibility index (Phi) is 8.91. The van der Waals surface area contributed by atoms with Crippen LogP contribution in [0.25, 0.3) is 44.4 Å². The van der Waals surface area contributed by atoms with E-state index in [-0.39, 0.29) is 12.4 Å². The maximum absolute atomic E-state index is 6.01. The van der Waals surface area contributed by atoms with Crippen LogP contribution in [0.4, 0.5) is 0 Å². The van der Waals surface area contributed by atoms with Gasteiger partial charge >= 0.3 is 0 Å². The third kappa shape index (κ3) is 5.98. The Labute approximate surface area is 265 Å². The zero-order valence-electron chi connectivity index (χ0n) is 24.5. The van der Waals surface area contributed by atoms with Crippen LogP contribution in [0.5, 0.6) is 0 Å². The second-order valence-corrected chi connectivity index (χ2v) is 12.1. The fourth-order valence-electron chi connectivity index (χ4n) is 6.50. The number of furan rings is 1. The van der Waals surface area contributed by atoms with Crippen LogP contribution in [0.3, 0.4) is 0 Å². The van der Waals surface area contributed by atoms with Crippen molar-refractivity contribution >= 4 is 61.4 Å². The number of imidazole rings is 2. The van der Waals surface area contributed by atoms with Gasteiger partial charge in [0.15, 0.2) is 0 Å². The Morgan fingerprint density at radius 1 is 0.698 bits per heavy atom. The van der Waals surface area contributed by atoms with Crippen molar-refractivity contribution in [3.8, 4) is 11.3 Å². The van der Waals surface area contributed by atoms with Crippen LogP contribution in [0.15, 0.2) is 75.6 Å². The third-order valence-electron chi connectivity index (χ3n) is 8.52. The molecule has 2 aliphatic heterocycles. The summed E-state index contributed by atoms with van der Waals surface area (Å²) >= 11 is 3.49. The van der Waals surface area contributed by atoms with Crippen LogP contribution in [-0.2, 0) is 9.47 Å². The predicted octanol–water partition coefficient (Wildman–Crippen LogP) is 8.99. The van der Waals surface area contributed by atoms with Crippen LogP contribution in [0.2, 0.25) is 0 Å². The van der Waals surface area contributed by atoms with Crippen molar-refractivity contribution in [2.75, 3.05) is 26.4 Å². The lowest BCUT2D eigenvalue weighted by Crippen LogP contribution is -2.20. The average molecular weight is 664 g/mol. The Morgan fingerprint density at radius 2 is 1.26 bits per heavy atom. The summed E-state index contributed by atoms with van der Waals surface area (Å²) in [7, 11) is 0. The van der Waals surface area contributed by atoms with E-state index in [2.05, 4.69) is 92.4 Å². The molecular weight excluding hydrogens is 628 g/mol. The van der Waals surface area contributed by atoms with E-state index in [0.29, 0.717) is 12.1 Å². The quantitative estimate of drug-likeness (QED) is 0.189. The molecule has 7 nitrogen and oxygen atoms in total. The van der Waals surface area contributed by atoms with Crippen molar-refractivity contribution in [2.24, 2.45) is 0 Å². The largest absolute Gasteiger partial charge is 0.456 e. The van der Waals surface area contributed by atoms with E-state index >= 15 is 0 Å². The second-order valence-electron chi connectivity index (χ2n) is 11.2.